The maximum absolute atomic E-state index is 8.88. The van der Waals surface area contributed by atoms with E-state index in [4.69, 9.17) is 5.11 Å². The van der Waals surface area contributed by atoms with Crippen molar-refractivity contribution in [3.8, 4) is 0 Å². The third-order valence-corrected chi connectivity index (χ3v) is 1.99. The minimum absolute atomic E-state index is 0.217. The van der Waals surface area contributed by atoms with Gasteiger partial charge < -0.3 is 5.11 Å². The number of aliphatic hydroxyl groups excluding tert-OH is 1. The molecule has 1 aromatic carbocycles. The van der Waals surface area contributed by atoms with Crippen LogP contribution in [0, 0.1) is 5.92 Å². The van der Waals surface area contributed by atoms with E-state index in [1.165, 1.54) is 10.4 Å². The number of fused-ring (bicyclic) bond motifs is 1. The van der Waals surface area contributed by atoms with Gasteiger partial charge in [-0.25, -0.2) is 0 Å². The summed E-state index contributed by atoms with van der Waals surface area (Å²) in [7, 11) is 0. The minimum Gasteiger partial charge on any atom is -0.395 e. The molecule has 0 radical (unpaired) electrons. The van der Waals surface area contributed by atoms with Crippen LogP contribution in [-0.4, -0.2) is 11.7 Å². The highest BCUT2D eigenvalue weighted by Crippen LogP contribution is 2.01. The largest absolute Gasteiger partial charge is 0.395 e. The Morgan fingerprint density at radius 2 is 1.64 bits per heavy atom. The Hall–Kier alpha value is -1.08. The quantitative estimate of drug-likeness (QED) is 0.585. The van der Waals surface area contributed by atoms with E-state index >= 15 is 0 Å². The highest BCUT2D eigenvalue weighted by molar-refractivity contribution is 5.50. The first-order chi connectivity index (χ1) is 5.40. The van der Waals surface area contributed by atoms with Crippen LogP contribution in [0.4, 0.5) is 0 Å². The van der Waals surface area contributed by atoms with Crippen LogP contribution in [0.15, 0.2) is 24.3 Å². The Balaban J connectivity index is 2.61. The van der Waals surface area contributed by atoms with Gasteiger partial charge in [0.25, 0.3) is 0 Å². The van der Waals surface area contributed by atoms with Gasteiger partial charge in [-0.05, 0) is 10.4 Å². The third kappa shape index (κ3) is 1.08. The summed E-state index contributed by atoms with van der Waals surface area (Å²) in [6, 6.07) is 8.18. The van der Waals surface area contributed by atoms with Crippen molar-refractivity contribution in [2.24, 2.45) is 5.92 Å². The zero-order chi connectivity index (χ0) is 7.68. The molecule has 2 rings (SSSR count). The summed E-state index contributed by atoms with van der Waals surface area (Å²) < 4.78 is 0. The van der Waals surface area contributed by atoms with Crippen molar-refractivity contribution in [2.75, 3.05) is 6.61 Å². The second-order valence-corrected chi connectivity index (χ2v) is 2.81. The lowest BCUT2D eigenvalue weighted by Gasteiger charge is -1.94. The van der Waals surface area contributed by atoms with Crippen LogP contribution in [0.5, 0.6) is 0 Å². The predicted molar refractivity (Wildman–Crippen MR) is 45.2 cm³/mol. The summed E-state index contributed by atoms with van der Waals surface area (Å²) in [5.74, 6) is 0.229. The monoisotopic (exact) mass is 146 g/mol. The van der Waals surface area contributed by atoms with Crippen LogP contribution in [0.3, 0.4) is 0 Å². The van der Waals surface area contributed by atoms with E-state index < -0.39 is 0 Å². The molecular weight excluding hydrogens is 136 g/mol. The van der Waals surface area contributed by atoms with Crippen LogP contribution in [0.1, 0.15) is 0 Å². The molecule has 1 nitrogen and oxygen atoms in total. The van der Waals surface area contributed by atoms with Crippen LogP contribution in [0.2, 0.25) is 0 Å². The van der Waals surface area contributed by atoms with Crippen molar-refractivity contribution < 1.29 is 5.11 Å². The first-order valence-electron chi connectivity index (χ1n) is 3.80. The number of aliphatic hydroxyl groups is 1. The second kappa shape index (κ2) is 2.51. The smallest absolute Gasteiger partial charge is 0.0529 e. The van der Waals surface area contributed by atoms with Gasteiger partial charge in [-0.2, -0.15) is 0 Å². The average molecular weight is 146 g/mol. The number of hydrogen-bond donors (Lipinski definition) is 1. The predicted octanol–water partition coefficient (Wildman–Crippen LogP) is -0.130. The Morgan fingerprint density at radius 1 is 1.09 bits per heavy atom. The van der Waals surface area contributed by atoms with Gasteiger partial charge in [0, 0.05) is 5.92 Å². The van der Waals surface area contributed by atoms with Crippen molar-refractivity contribution in [3.63, 3.8) is 0 Å². The Labute approximate surface area is 65.3 Å². The van der Waals surface area contributed by atoms with Gasteiger partial charge >= 0.3 is 0 Å². The van der Waals surface area contributed by atoms with E-state index in [0.29, 0.717) is 0 Å². The molecule has 0 fully saturated rings. The summed E-state index contributed by atoms with van der Waals surface area (Å²) in [4.78, 5) is 0. The molecule has 0 spiro atoms. The summed E-state index contributed by atoms with van der Waals surface area (Å²) in [5, 5.41) is 11.4. The van der Waals surface area contributed by atoms with Gasteiger partial charge in [-0.3, -0.25) is 0 Å². The standard InChI is InChI=1S/C10H10O/c11-7-8-5-9-3-1-2-4-10(9)6-8/h1-6,8,11H,7H2. The molecule has 1 N–H and O–H groups in total. The van der Waals surface area contributed by atoms with Gasteiger partial charge in [-0.15, -0.1) is 0 Å². The molecule has 0 unspecified atom stereocenters. The average Bonchev–Trinajstić information content (AvgIpc) is 2.46. The van der Waals surface area contributed by atoms with Crippen LogP contribution in [-0.2, 0) is 0 Å². The maximum atomic E-state index is 8.88. The molecule has 0 aromatic heterocycles. The number of hydrogen-bond acceptors (Lipinski definition) is 1. The molecule has 0 aliphatic heterocycles. The lowest BCUT2D eigenvalue weighted by Crippen LogP contribution is -2.19. The summed E-state index contributed by atoms with van der Waals surface area (Å²) >= 11 is 0. The van der Waals surface area contributed by atoms with Crippen molar-refractivity contribution in [3.05, 3.63) is 34.7 Å². The van der Waals surface area contributed by atoms with Crippen LogP contribution >= 0.6 is 0 Å². The van der Waals surface area contributed by atoms with Gasteiger partial charge in [0.1, 0.15) is 0 Å². The lowest BCUT2D eigenvalue weighted by atomic mass is 10.2. The van der Waals surface area contributed by atoms with Gasteiger partial charge in [-0.1, -0.05) is 36.4 Å². The van der Waals surface area contributed by atoms with Crippen molar-refractivity contribution >= 4 is 12.2 Å². The van der Waals surface area contributed by atoms with Gasteiger partial charge in [0.15, 0.2) is 0 Å². The molecule has 1 aliphatic carbocycles. The Kier molecular flexibility index (Phi) is 1.51. The van der Waals surface area contributed by atoms with Gasteiger partial charge in [0.2, 0.25) is 0 Å². The van der Waals surface area contributed by atoms with Crippen molar-refractivity contribution in [1.82, 2.24) is 0 Å². The molecular formula is C10H10O. The third-order valence-electron chi connectivity index (χ3n) is 1.99. The molecule has 0 heterocycles. The Morgan fingerprint density at radius 3 is 2.09 bits per heavy atom. The summed E-state index contributed by atoms with van der Waals surface area (Å²) in [6.07, 6.45) is 4.19. The van der Waals surface area contributed by atoms with E-state index in [1.54, 1.807) is 0 Å². The molecule has 1 aliphatic rings. The number of benzene rings is 1. The topological polar surface area (TPSA) is 20.2 Å². The molecule has 0 atom stereocenters. The molecule has 1 heteroatoms. The van der Waals surface area contributed by atoms with Crippen molar-refractivity contribution in [2.45, 2.75) is 0 Å². The maximum Gasteiger partial charge on any atom is 0.0529 e. The summed E-state index contributed by atoms with van der Waals surface area (Å²) in [5.41, 5.74) is 0. The highest BCUT2D eigenvalue weighted by atomic mass is 16.3. The van der Waals surface area contributed by atoms with Gasteiger partial charge in [0.05, 0.1) is 6.61 Å². The molecule has 0 saturated heterocycles. The fraction of sp³-hybridized carbons (Fsp3) is 0.200. The molecule has 0 amide bonds. The normalized spacial score (nSPS) is 15.4. The van der Waals surface area contributed by atoms with Crippen LogP contribution in [0.25, 0.3) is 12.2 Å². The molecule has 1 aromatic rings. The molecule has 0 saturated carbocycles. The first kappa shape index (κ1) is 6.62. The van der Waals surface area contributed by atoms with Crippen LogP contribution < -0.4 is 10.4 Å². The zero-order valence-corrected chi connectivity index (χ0v) is 6.20. The number of rotatable bonds is 1. The van der Waals surface area contributed by atoms with E-state index in [2.05, 4.69) is 24.3 Å². The van der Waals surface area contributed by atoms with E-state index in [9.17, 15) is 0 Å². The van der Waals surface area contributed by atoms with Crippen molar-refractivity contribution in [1.29, 1.82) is 0 Å². The molecule has 11 heavy (non-hydrogen) atoms. The highest BCUT2D eigenvalue weighted by Gasteiger charge is 2.03. The second-order valence-electron chi connectivity index (χ2n) is 2.81. The first-order valence-corrected chi connectivity index (χ1v) is 3.80. The minimum atomic E-state index is 0.217. The van der Waals surface area contributed by atoms with E-state index in [1.807, 2.05) is 12.1 Å². The fourth-order valence-corrected chi connectivity index (χ4v) is 1.43. The zero-order valence-electron chi connectivity index (χ0n) is 6.20. The Bertz CT molecular complexity index is 330. The molecule has 56 valence electrons. The SMILES string of the molecule is OCC1C=c2ccccc2=C1. The molecule has 0 bridgehead atoms. The lowest BCUT2D eigenvalue weighted by molar-refractivity contribution is 0.285. The van der Waals surface area contributed by atoms with E-state index in [-0.39, 0.29) is 12.5 Å². The summed E-state index contributed by atoms with van der Waals surface area (Å²) in [6.45, 7) is 0.217. The van der Waals surface area contributed by atoms with E-state index in [0.717, 1.165) is 0 Å². The fourth-order valence-electron chi connectivity index (χ4n) is 1.43.